The van der Waals surface area contributed by atoms with Crippen LogP contribution in [0.5, 0.6) is 0 Å². The number of imidazole rings is 1. The first kappa shape index (κ1) is 95.9. The van der Waals surface area contributed by atoms with E-state index >= 15 is 4.39 Å². The van der Waals surface area contributed by atoms with Gasteiger partial charge in [0.2, 0.25) is 0 Å². The Hall–Kier alpha value is -13.0. The Morgan fingerprint density at radius 1 is 0.600 bits per heavy atom. The number of alkyl halides is 13. The third kappa shape index (κ3) is 22.7. The fourth-order valence-corrected chi connectivity index (χ4v) is 12.6. The maximum absolute atomic E-state index is 15.1. The average molecular weight is 2350 g/mol. The number of carboxylic acid groups (broad SMARTS) is 2. The summed E-state index contributed by atoms with van der Waals surface area (Å²) in [4.78, 5) is 57.2. The molecule has 0 saturated carbocycles. The SMILES string of the molecule is CC(c1[c-]c(-n2cccn2)ccc1)c1nc(-n2[c-]ccn2)n(-c2ccccc2)c1-c1ccccc1.Cc1sc(C(c2cccc(-n3[c-]nc(C(F)(F)F)n3)n2)C(F)(F)F)nc1C(=O)O.FC(c1cccc(-c2cc(C(F)(F)F)n[n-]2)n1)c1cccc(-n2[c-]cc(C(F)(F)F)n2)n1.[C-]#[N+]c1c[c-]n(-c2cccc(C(C#N)c3cccc(C(=O)O)n3)n2)n1.[Ir].[Ir].[Ir].[Rh]. The summed E-state index contributed by atoms with van der Waals surface area (Å²) >= 11 is 0.538. The van der Waals surface area contributed by atoms with Gasteiger partial charge in [0.15, 0.2) is 17.7 Å². The van der Waals surface area contributed by atoms with E-state index < -0.39 is 88.3 Å². The van der Waals surface area contributed by atoms with Crippen LogP contribution in [0.1, 0.15) is 119 Å². The number of carboxylic acids is 2. The topological polar surface area (TPSA) is 327 Å². The van der Waals surface area contributed by atoms with Gasteiger partial charge in [0.1, 0.15) is 34.2 Å². The molecule has 646 valence electrons. The van der Waals surface area contributed by atoms with Crippen molar-refractivity contribution in [1.82, 2.24) is 104 Å². The number of halogens is 13. The number of aromatic carboxylic acids is 2. The van der Waals surface area contributed by atoms with Crippen molar-refractivity contribution in [3.63, 3.8) is 0 Å². The monoisotopic (exact) mass is 2360 g/mol. The van der Waals surface area contributed by atoms with Gasteiger partial charge in [0.25, 0.3) is 0 Å². The summed E-state index contributed by atoms with van der Waals surface area (Å²) in [5, 5.41) is 52.8. The Labute approximate surface area is 754 Å². The Kier molecular flexibility index (Phi) is 31.4. The first-order valence-electron chi connectivity index (χ1n) is 34.8. The molecule has 16 rings (SSSR count). The molecule has 0 aliphatic carbocycles. The van der Waals surface area contributed by atoms with Crippen LogP contribution in [0, 0.1) is 55.8 Å². The number of para-hydroxylation sites is 1. The van der Waals surface area contributed by atoms with Crippen LogP contribution in [0.3, 0.4) is 0 Å². The van der Waals surface area contributed by atoms with Crippen LogP contribution in [0.15, 0.2) is 219 Å². The van der Waals surface area contributed by atoms with Gasteiger partial charge in [-0.25, -0.2) is 33.7 Å². The van der Waals surface area contributed by atoms with Crippen LogP contribution in [-0.2, 0) is 98.3 Å². The molecular formula is C80H48F13Ir3N23O4RhS-6. The predicted molar refractivity (Wildman–Crippen MR) is 399 cm³/mol. The van der Waals surface area contributed by atoms with Gasteiger partial charge in [-0.2, -0.15) is 86.8 Å². The molecular weight excluding hydrogens is 2310 g/mol. The van der Waals surface area contributed by atoms with Crippen LogP contribution >= 0.6 is 11.3 Å². The second-order valence-electron chi connectivity index (χ2n) is 25.1. The van der Waals surface area contributed by atoms with E-state index in [0.29, 0.717) is 51.3 Å². The minimum Gasteiger partial charge on any atom is -0.573 e. The van der Waals surface area contributed by atoms with Gasteiger partial charge in [-0.15, -0.1) is 29.5 Å². The Morgan fingerprint density at radius 3 is 1.76 bits per heavy atom. The molecule has 13 heterocycles. The van der Waals surface area contributed by atoms with Gasteiger partial charge in [0, 0.05) is 126 Å². The van der Waals surface area contributed by atoms with Crippen molar-refractivity contribution in [2.24, 2.45) is 0 Å². The minimum atomic E-state index is -4.89. The Bertz CT molecular complexity index is 6340. The fraction of sp³-hybridized carbons (Fsp3) is 0.125. The molecule has 4 unspecified atom stereocenters. The number of hydrogen-bond acceptors (Lipinski definition) is 18. The van der Waals surface area contributed by atoms with Crippen molar-refractivity contribution >= 4 is 29.1 Å². The summed E-state index contributed by atoms with van der Waals surface area (Å²) in [6.07, 6.45) is -5.55. The zero-order chi connectivity index (χ0) is 86.1. The smallest absolute Gasteiger partial charge is 0.431 e. The number of nitriles is 1. The fourth-order valence-electron chi connectivity index (χ4n) is 11.5. The van der Waals surface area contributed by atoms with Crippen molar-refractivity contribution in [2.75, 3.05) is 0 Å². The first-order valence-corrected chi connectivity index (χ1v) is 35.6. The van der Waals surface area contributed by atoms with E-state index in [1.54, 1.807) is 47.4 Å². The minimum absolute atomic E-state index is 0. The molecule has 13 aromatic heterocycles. The molecule has 0 amide bonds. The number of nitrogens with zero attached hydrogens (tertiary/aromatic N) is 23. The summed E-state index contributed by atoms with van der Waals surface area (Å²) < 4.78 is 179. The van der Waals surface area contributed by atoms with Gasteiger partial charge in [-0.05, 0) is 102 Å². The molecule has 0 bridgehead atoms. The molecule has 4 atom stereocenters. The summed E-state index contributed by atoms with van der Waals surface area (Å²) in [6.45, 7) is 10.4. The maximum Gasteiger partial charge on any atom is 0.431 e. The van der Waals surface area contributed by atoms with Gasteiger partial charge in [-0.3, -0.25) is 39.8 Å². The second-order valence-corrected chi connectivity index (χ2v) is 26.4. The number of aryl methyl sites for hydroxylation is 1. The van der Waals surface area contributed by atoms with Gasteiger partial charge >= 0.3 is 42.5 Å². The molecule has 2 N–H and O–H groups in total. The zero-order valence-corrected chi connectivity index (χ0v) is 72.4. The Morgan fingerprint density at radius 2 is 1.19 bits per heavy atom. The molecule has 0 saturated heterocycles. The van der Waals surface area contributed by atoms with Crippen LogP contribution < -0.4 is 5.10 Å². The second kappa shape index (κ2) is 41.0. The van der Waals surface area contributed by atoms with Crippen LogP contribution in [0.25, 0.3) is 62.3 Å². The van der Waals surface area contributed by atoms with Crippen molar-refractivity contribution in [1.29, 1.82) is 5.26 Å². The van der Waals surface area contributed by atoms with E-state index in [9.17, 15) is 67.5 Å². The molecule has 45 heteroatoms. The molecule has 0 aliphatic rings. The Balaban J connectivity index is 0.000000188. The number of thiazole rings is 1. The van der Waals surface area contributed by atoms with Crippen LogP contribution in [0.2, 0.25) is 0 Å². The van der Waals surface area contributed by atoms with Gasteiger partial charge in [0.05, 0.1) is 63.4 Å². The number of aromatic nitrogens is 21. The summed E-state index contributed by atoms with van der Waals surface area (Å²) in [7, 11) is 0. The van der Waals surface area contributed by atoms with E-state index in [-0.39, 0.29) is 137 Å². The summed E-state index contributed by atoms with van der Waals surface area (Å²) in [5.74, 6) is -6.69. The van der Waals surface area contributed by atoms with E-state index in [1.807, 2.05) is 59.7 Å². The molecule has 16 aromatic rings. The molecule has 125 heavy (non-hydrogen) atoms. The average Bonchev–Trinajstić information content (AvgIpc) is 1.60. The number of rotatable bonds is 18. The quantitative estimate of drug-likeness (QED) is 0.0458. The largest absolute Gasteiger partial charge is 0.573 e. The first-order chi connectivity index (χ1) is 57.8. The standard InChI is InChI=1S/C29H22N6.C19H9F7N6.C17H9N6O2.C15H8F6N5O2S.3Ir.Rh/c1-22(24-13-8-16-26(21-24)33-19-9-17-30-33)27-28(23-11-4-2-5-12-23)35(25-14-6-3-7-15-25)29(32-27)34-20-10-18-31-34;20-17(11-4-1-3-10(27-11)13-9-15(30-29-13)19(24,25)26)12-5-2-6-16(28-12)32-8-7-14(31-32)18(21,22)23;1-19-15-8-9-23(22-15)16-7-3-5-13(21-16)11(10-18)12-4-2-6-14(20-12)17(24)25;1-6-10(12(27)28)24-11(29-6)9(14(16,17)18)7-3-2-4-8(23-7)26-5-22-13(25-26)15(19,20)21;;;;/h2-19,22H,1H3;1-7,9,17H;2-8,11H,(H,24,25);2-4,9H,1H3,(H,27,28);;;;/q2*-2;2*-1;;;;. The zero-order valence-electron chi connectivity index (χ0n) is 62.7. The van der Waals surface area contributed by atoms with Crippen molar-refractivity contribution in [3.05, 3.63) is 339 Å². The molecule has 4 radical (unpaired) electrons. The molecule has 0 spiro atoms. The van der Waals surface area contributed by atoms with Crippen LogP contribution in [-0.4, -0.2) is 127 Å². The summed E-state index contributed by atoms with van der Waals surface area (Å²) in [6, 6.07) is 59.5. The van der Waals surface area contributed by atoms with E-state index in [1.165, 1.54) is 66.2 Å². The number of pyridine rings is 5. The number of hydrogen-bond donors (Lipinski definition) is 2. The molecule has 27 nitrogen and oxygen atoms in total. The van der Waals surface area contributed by atoms with Crippen molar-refractivity contribution in [2.45, 2.75) is 62.5 Å². The maximum atomic E-state index is 15.1. The van der Waals surface area contributed by atoms with Crippen LogP contribution in [0.4, 0.5) is 62.9 Å². The number of carbonyl (C=O) groups is 2. The summed E-state index contributed by atoms with van der Waals surface area (Å²) in [5.41, 5.74) is 2.35. The molecule has 0 fully saturated rings. The van der Waals surface area contributed by atoms with Crippen molar-refractivity contribution < 1.29 is 157 Å². The van der Waals surface area contributed by atoms with Crippen molar-refractivity contribution in [3.8, 4) is 63.5 Å². The molecule has 0 aliphatic heterocycles. The third-order valence-electron chi connectivity index (χ3n) is 17.1. The predicted octanol–water partition coefficient (Wildman–Crippen LogP) is 16.2. The van der Waals surface area contributed by atoms with E-state index in [2.05, 4.69) is 160 Å². The van der Waals surface area contributed by atoms with E-state index in [0.717, 1.165) is 56.8 Å². The third-order valence-corrected chi connectivity index (χ3v) is 18.1. The molecule has 3 aromatic carbocycles. The van der Waals surface area contributed by atoms with Gasteiger partial charge < -0.3 is 48.9 Å². The number of benzene rings is 3. The normalized spacial score (nSPS) is 12.2. The van der Waals surface area contributed by atoms with E-state index in [4.69, 9.17) is 21.8 Å². The van der Waals surface area contributed by atoms with Gasteiger partial charge in [-0.1, -0.05) is 135 Å².